The SMILES string of the molecule is CCCCC(C)Nc1nnnn1C. The Labute approximate surface area is 78.5 Å². The van der Waals surface area contributed by atoms with Crippen molar-refractivity contribution in [2.24, 2.45) is 7.05 Å². The standard InChI is InChI=1S/C8H17N5/c1-4-5-6-7(2)9-8-10-11-12-13(8)3/h7H,4-6H2,1-3H3,(H,9,10,12). The largest absolute Gasteiger partial charge is 0.351 e. The normalized spacial score (nSPS) is 12.8. The van der Waals surface area contributed by atoms with E-state index in [1.54, 1.807) is 4.68 Å². The first kappa shape index (κ1) is 9.95. The topological polar surface area (TPSA) is 55.6 Å². The van der Waals surface area contributed by atoms with Crippen LogP contribution in [0.4, 0.5) is 5.95 Å². The minimum Gasteiger partial charge on any atom is -0.351 e. The molecule has 0 aromatic carbocycles. The number of hydrogen-bond acceptors (Lipinski definition) is 4. The molecule has 0 saturated heterocycles. The maximum absolute atomic E-state index is 3.85. The van der Waals surface area contributed by atoms with E-state index < -0.39 is 0 Å². The van der Waals surface area contributed by atoms with Crippen LogP contribution in [0, 0.1) is 0 Å². The highest BCUT2D eigenvalue weighted by molar-refractivity contribution is 5.22. The van der Waals surface area contributed by atoms with Crippen LogP contribution in [0.15, 0.2) is 0 Å². The molecular formula is C8H17N5. The molecule has 13 heavy (non-hydrogen) atoms. The van der Waals surface area contributed by atoms with E-state index >= 15 is 0 Å². The van der Waals surface area contributed by atoms with Crippen LogP contribution in [0.3, 0.4) is 0 Å². The van der Waals surface area contributed by atoms with Crippen molar-refractivity contribution in [3.05, 3.63) is 0 Å². The van der Waals surface area contributed by atoms with Gasteiger partial charge in [-0.3, -0.25) is 0 Å². The van der Waals surface area contributed by atoms with E-state index in [-0.39, 0.29) is 0 Å². The summed E-state index contributed by atoms with van der Waals surface area (Å²) in [6.07, 6.45) is 3.62. The molecular weight excluding hydrogens is 166 g/mol. The molecule has 1 atom stereocenters. The smallest absolute Gasteiger partial charge is 0.242 e. The fraction of sp³-hybridized carbons (Fsp3) is 0.875. The van der Waals surface area contributed by atoms with Gasteiger partial charge in [0.15, 0.2) is 0 Å². The van der Waals surface area contributed by atoms with Crippen molar-refractivity contribution in [1.82, 2.24) is 20.2 Å². The summed E-state index contributed by atoms with van der Waals surface area (Å²) >= 11 is 0. The van der Waals surface area contributed by atoms with Crippen molar-refractivity contribution >= 4 is 5.95 Å². The molecule has 0 saturated carbocycles. The lowest BCUT2D eigenvalue weighted by molar-refractivity contribution is 0.631. The number of aryl methyl sites for hydroxylation is 1. The lowest BCUT2D eigenvalue weighted by atomic mass is 10.1. The summed E-state index contributed by atoms with van der Waals surface area (Å²) in [5, 5.41) is 14.4. The van der Waals surface area contributed by atoms with Crippen LogP contribution in [0.1, 0.15) is 33.1 Å². The maximum atomic E-state index is 3.85. The first-order valence-corrected chi connectivity index (χ1v) is 4.73. The van der Waals surface area contributed by atoms with E-state index in [4.69, 9.17) is 0 Å². The van der Waals surface area contributed by atoms with E-state index in [1.165, 1.54) is 12.8 Å². The van der Waals surface area contributed by atoms with E-state index in [1.807, 2.05) is 7.05 Å². The molecule has 1 aromatic rings. The highest BCUT2D eigenvalue weighted by Crippen LogP contribution is 2.05. The number of nitrogens with one attached hydrogen (secondary N) is 1. The van der Waals surface area contributed by atoms with Crippen LogP contribution in [0.2, 0.25) is 0 Å². The summed E-state index contributed by atoms with van der Waals surface area (Å²) < 4.78 is 1.64. The maximum Gasteiger partial charge on any atom is 0.242 e. The summed E-state index contributed by atoms with van der Waals surface area (Å²) in [7, 11) is 1.83. The van der Waals surface area contributed by atoms with Gasteiger partial charge in [-0.2, -0.15) is 0 Å². The highest BCUT2D eigenvalue weighted by atomic mass is 15.6. The third kappa shape index (κ3) is 3.01. The monoisotopic (exact) mass is 183 g/mol. The van der Waals surface area contributed by atoms with Crippen molar-refractivity contribution in [3.8, 4) is 0 Å². The van der Waals surface area contributed by atoms with Crippen molar-refractivity contribution in [2.45, 2.75) is 39.2 Å². The van der Waals surface area contributed by atoms with Crippen molar-refractivity contribution in [2.75, 3.05) is 5.32 Å². The van der Waals surface area contributed by atoms with Gasteiger partial charge in [0.2, 0.25) is 5.95 Å². The summed E-state index contributed by atoms with van der Waals surface area (Å²) in [6, 6.07) is 0.435. The molecule has 5 nitrogen and oxygen atoms in total. The van der Waals surface area contributed by atoms with Crippen LogP contribution in [-0.4, -0.2) is 26.2 Å². The summed E-state index contributed by atoms with van der Waals surface area (Å²) in [5.41, 5.74) is 0. The molecule has 1 N–H and O–H groups in total. The summed E-state index contributed by atoms with van der Waals surface area (Å²) in [6.45, 7) is 4.33. The Kier molecular flexibility index (Phi) is 3.67. The van der Waals surface area contributed by atoms with Crippen LogP contribution >= 0.6 is 0 Å². The summed E-state index contributed by atoms with van der Waals surface area (Å²) in [4.78, 5) is 0. The Morgan fingerprint density at radius 2 is 2.31 bits per heavy atom. The van der Waals surface area contributed by atoms with E-state index in [0.29, 0.717) is 6.04 Å². The predicted molar refractivity (Wildman–Crippen MR) is 51.4 cm³/mol. The minimum absolute atomic E-state index is 0.435. The van der Waals surface area contributed by atoms with Gasteiger partial charge in [-0.25, -0.2) is 4.68 Å². The zero-order valence-corrected chi connectivity index (χ0v) is 8.49. The van der Waals surface area contributed by atoms with Gasteiger partial charge >= 0.3 is 0 Å². The van der Waals surface area contributed by atoms with Crippen molar-refractivity contribution in [1.29, 1.82) is 0 Å². The van der Waals surface area contributed by atoms with E-state index in [0.717, 1.165) is 12.4 Å². The molecule has 0 amide bonds. The molecule has 0 aliphatic carbocycles. The number of unbranched alkanes of at least 4 members (excludes halogenated alkanes) is 1. The number of aromatic nitrogens is 4. The average Bonchev–Trinajstić information content (AvgIpc) is 2.48. The quantitative estimate of drug-likeness (QED) is 0.745. The second-order valence-electron chi connectivity index (χ2n) is 3.31. The van der Waals surface area contributed by atoms with Crippen molar-refractivity contribution < 1.29 is 0 Å². The number of nitrogens with zero attached hydrogens (tertiary/aromatic N) is 4. The van der Waals surface area contributed by atoms with Gasteiger partial charge < -0.3 is 5.32 Å². The second kappa shape index (κ2) is 4.79. The molecule has 1 unspecified atom stereocenters. The molecule has 5 heteroatoms. The Bertz CT molecular complexity index is 244. The van der Waals surface area contributed by atoms with E-state index in [2.05, 4.69) is 34.7 Å². The third-order valence-electron chi connectivity index (χ3n) is 1.99. The highest BCUT2D eigenvalue weighted by Gasteiger charge is 2.05. The molecule has 0 radical (unpaired) electrons. The molecule has 0 bridgehead atoms. The fourth-order valence-electron chi connectivity index (χ4n) is 1.15. The van der Waals surface area contributed by atoms with Gasteiger partial charge in [0.1, 0.15) is 0 Å². The van der Waals surface area contributed by atoms with E-state index in [9.17, 15) is 0 Å². The molecule has 0 aliphatic rings. The number of anilines is 1. The Morgan fingerprint density at radius 1 is 1.54 bits per heavy atom. The van der Waals surface area contributed by atoms with Gasteiger partial charge in [0.25, 0.3) is 0 Å². The first-order valence-electron chi connectivity index (χ1n) is 4.73. The van der Waals surface area contributed by atoms with Crippen LogP contribution in [0.5, 0.6) is 0 Å². The molecule has 74 valence electrons. The van der Waals surface area contributed by atoms with Gasteiger partial charge in [0.05, 0.1) is 0 Å². The molecule has 0 aliphatic heterocycles. The van der Waals surface area contributed by atoms with Crippen LogP contribution in [-0.2, 0) is 7.05 Å². The first-order chi connectivity index (χ1) is 6.24. The number of hydrogen-bond donors (Lipinski definition) is 1. The van der Waals surface area contributed by atoms with Gasteiger partial charge in [-0.15, -0.1) is 0 Å². The minimum atomic E-state index is 0.435. The van der Waals surface area contributed by atoms with Gasteiger partial charge in [-0.1, -0.05) is 24.9 Å². The Morgan fingerprint density at radius 3 is 2.85 bits per heavy atom. The zero-order valence-electron chi connectivity index (χ0n) is 8.49. The second-order valence-corrected chi connectivity index (χ2v) is 3.31. The summed E-state index contributed by atoms with van der Waals surface area (Å²) in [5.74, 6) is 0.739. The van der Waals surface area contributed by atoms with Gasteiger partial charge in [0, 0.05) is 13.1 Å². The predicted octanol–water partition coefficient (Wildman–Crippen LogP) is 1.20. The van der Waals surface area contributed by atoms with Crippen molar-refractivity contribution in [3.63, 3.8) is 0 Å². The van der Waals surface area contributed by atoms with Gasteiger partial charge in [-0.05, 0) is 23.8 Å². The zero-order chi connectivity index (χ0) is 9.68. The fourth-order valence-corrected chi connectivity index (χ4v) is 1.15. The average molecular weight is 183 g/mol. The third-order valence-corrected chi connectivity index (χ3v) is 1.99. The number of rotatable bonds is 5. The Hall–Kier alpha value is -1.13. The Balaban J connectivity index is 2.36. The lowest BCUT2D eigenvalue weighted by Gasteiger charge is -2.12. The van der Waals surface area contributed by atoms with Crippen LogP contribution < -0.4 is 5.32 Å². The molecule has 1 rings (SSSR count). The van der Waals surface area contributed by atoms with Crippen LogP contribution in [0.25, 0.3) is 0 Å². The number of tetrazole rings is 1. The molecule has 1 aromatic heterocycles. The molecule has 0 fully saturated rings. The molecule has 0 spiro atoms. The lowest BCUT2D eigenvalue weighted by Crippen LogP contribution is -2.17. The molecule has 1 heterocycles.